The molecule has 0 aliphatic carbocycles. The predicted octanol–water partition coefficient (Wildman–Crippen LogP) is 1.91. The van der Waals surface area contributed by atoms with Crippen LogP contribution in [0.2, 0.25) is 0 Å². The second-order valence-electron chi connectivity index (χ2n) is 5.93. The van der Waals surface area contributed by atoms with E-state index < -0.39 is 5.60 Å². The Morgan fingerprint density at radius 3 is 2.86 bits per heavy atom. The van der Waals surface area contributed by atoms with Crippen LogP contribution in [0, 0.1) is 17.7 Å². The van der Waals surface area contributed by atoms with Gasteiger partial charge in [0.05, 0.1) is 5.60 Å². The smallest absolute Gasteiger partial charge is 0.124 e. The maximum atomic E-state index is 13.6. The fraction of sp³-hybridized carbons (Fsp3) is 0.529. The van der Waals surface area contributed by atoms with Gasteiger partial charge >= 0.3 is 0 Å². The number of rotatable bonds is 2. The van der Waals surface area contributed by atoms with Crippen LogP contribution in [0.3, 0.4) is 0 Å². The molecular weight excluding hydrogens is 269 g/mol. The summed E-state index contributed by atoms with van der Waals surface area (Å²) < 4.78 is 13.6. The molecule has 0 bridgehead atoms. The van der Waals surface area contributed by atoms with E-state index in [1.807, 2.05) is 13.0 Å². The van der Waals surface area contributed by atoms with E-state index in [9.17, 15) is 9.50 Å². The first-order chi connectivity index (χ1) is 9.98. The number of benzene rings is 1. The zero-order chi connectivity index (χ0) is 15.3. The van der Waals surface area contributed by atoms with Gasteiger partial charge in [-0.15, -0.1) is 0 Å². The molecule has 1 saturated heterocycles. The van der Waals surface area contributed by atoms with Crippen molar-refractivity contribution in [1.29, 1.82) is 0 Å². The van der Waals surface area contributed by atoms with E-state index in [-0.39, 0.29) is 12.4 Å². The first kappa shape index (κ1) is 16.0. The van der Waals surface area contributed by atoms with Gasteiger partial charge in [0, 0.05) is 18.7 Å². The summed E-state index contributed by atoms with van der Waals surface area (Å²) in [5.74, 6) is 4.97. The lowest BCUT2D eigenvalue weighted by Gasteiger charge is -2.22. The Bertz CT molecular complexity index is 545. The molecule has 1 aromatic carbocycles. The van der Waals surface area contributed by atoms with Crippen molar-refractivity contribution in [2.24, 2.45) is 0 Å². The van der Waals surface area contributed by atoms with Crippen LogP contribution in [0.4, 0.5) is 4.39 Å². The first-order valence-corrected chi connectivity index (χ1v) is 7.32. The van der Waals surface area contributed by atoms with Crippen molar-refractivity contribution in [2.75, 3.05) is 19.7 Å². The largest absolute Gasteiger partial charge is 0.390 e. The molecule has 1 unspecified atom stereocenters. The van der Waals surface area contributed by atoms with Gasteiger partial charge in [0.2, 0.25) is 0 Å². The van der Waals surface area contributed by atoms with Crippen LogP contribution in [0.5, 0.6) is 0 Å². The fourth-order valence-corrected chi connectivity index (χ4v) is 2.69. The summed E-state index contributed by atoms with van der Waals surface area (Å²) in [7, 11) is 0. The Kier molecular flexibility index (Phi) is 5.35. The lowest BCUT2D eigenvalue weighted by atomic mass is 9.98. The van der Waals surface area contributed by atoms with E-state index in [0.717, 1.165) is 37.9 Å². The minimum Gasteiger partial charge on any atom is -0.390 e. The fourth-order valence-electron chi connectivity index (χ4n) is 2.69. The molecule has 0 aromatic heterocycles. The normalized spacial score (nSPS) is 23.2. The van der Waals surface area contributed by atoms with Gasteiger partial charge in [-0.3, -0.25) is 4.90 Å². The van der Waals surface area contributed by atoms with Gasteiger partial charge in [0.15, 0.2) is 0 Å². The zero-order valence-corrected chi connectivity index (χ0v) is 12.4. The monoisotopic (exact) mass is 291 g/mol. The lowest BCUT2D eigenvalue weighted by Crippen LogP contribution is -2.28. The molecule has 4 heteroatoms. The number of hydrogen-bond acceptors (Lipinski definition) is 3. The van der Waals surface area contributed by atoms with Gasteiger partial charge in [0.1, 0.15) is 12.4 Å². The highest BCUT2D eigenvalue weighted by Gasteiger charge is 2.24. The molecule has 3 nitrogen and oxygen atoms in total. The summed E-state index contributed by atoms with van der Waals surface area (Å²) in [6.45, 7) is 4.02. The molecule has 1 aliphatic rings. The van der Waals surface area contributed by atoms with Crippen LogP contribution < -0.4 is 0 Å². The standard InChI is InChI=1S/C17H22FNO2/c1-17(21)5-3-7-19(8-6-17)13-15-10-14(4-2-9-20)11-16(18)12-15/h10-12,20-21H,3,5-9,13H2,1H3. The average molecular weight is 291 g/mol. The molecule has 1 aromatic rings. The highest BCUT2D eigenvalue weighted by Crippen LogP contribution is 2.22. The van der Waals surface area contributed by atoms with Gasteiger partial charge in [0.25, 0.3) is 0 Å². The molecule has 114 valence electrons. The first-order valence-electron chi connectivity index (χ1n) is 7.32. The molecule has 0 radical (unpaired) electrons. The van der Waals surface area contributed by atoms with Gasteiger partial charge in [-0.25, -0.2) is 4.39 Å². The third-order valence-corrected chi connectivity index (χ3v) is 3.83. The van der Waals surface area contributed by atoms with E-state index in [4.69, 9.17) is 5.11 Å². The molecule has 0 spiro atoms. The average Bonchev–Trinajstić information content (AvgIpc) is 2.57. The maximum Gasteiger partial charge on any atom is 0.124 e. The van der Waals surface area contributed by atoms with Crippen molar-refractivity contribution in [1.82, 2.24) is 4.90 Å². The topological polar surface area (TPSA) is 43.7 Å². The Morgan fingerprint density at radius 2 is 2.10 bits per heavy atom. The van der Waals surface area contributed by atoms with Gasteiger partial charge in [-0.05, 0) is 56.5 Å². The van der Waals surface area contributed by atoms with Gasteiger partial charge in [-0.1, -0.05) is 11.8 Å². The zero-order valence-electron chi connectivity index (χ0n) is 12.4. The van der Waals surface area contributed by atoms with Crippen LogP contribution in [-0.2, 0) is 6.54 Å². The van der Waals surface area contributed by atoms with E-state index in [0.29, 0.717) is 12.1 Å². The number of aliphatic hydroxyl groups excluding tert-OH is 1. The second kappa shape index (κ2) is 7.04. The summed E-state index contributed by atoms with van der Waals surface area (Å²) in [5.41, 5.74) is 0.869. The van der Waals surface area contributed by atoms with E-state index in [1.54, 1.807) is 0 Å². The number of aliphatic hydroxyl groups is 2. The predicted molar refractivity (Wildman–Crippen MR) is 80.1 cm³/mol. The number of likely N-dealkylation sites (tertiary alicyclic amines) is 1. The number of nitrogens with zero attached hydrogens (tertiary/aromatic N) is 1. The van der Waals surface area contributed by atoms with Crippen molar-refractivity contribution in [2.45, 2.75) is 38.3 Å². The minimum atomic E-state index is -0.589. The van der Waals surface area contributed by atoms with Crippen LogP contribution in [0.25, 0.3) is 0 Å². The molecule has 1 fully saturated rings. The Morgan fingerprint density at radius 1 is 1.29 bits per heavy atom. The summed E-state index contributed by atoms with van der Waals surface area (Å²) in [6, 6.07) is 4.75. The van der Waals surface area contributed by atoms with E-state index in [1.165, 1.54) is 12.1 Å². The number of hydrogen-bond donors (Lipinski definition) is 2. The molecule has 1 aliphatic heterocycles. The molecule has 2 N–H and O–H groups in total. The van der Waals surface area contributed by atoms with E-state index >= 15 is 0 Å². The summed E-state index contributed by atoms with van der Waals surface area (Å²) in [5, 5.41) is 18.8. The third kappa shape index (κ3) is 5.13. The Hall–Kier alpha value is -1.41. The molecular formula is C17H22FNO2. The molecule has 0 amide bonds. The van der Waals surface area contributed by atoms with Crippen molar-refractivity contribution >= 4 is 0 Å². The Balaban J connectivity index is 2.07. The lowest BCUT2D eigenvalue weighted by molar-refractivity contribution is 0.0444. The summed E-state index contributed by atoms with van der Waals surface area (Å²) in [4.78, 5) is 2.24. The van der Waals surface area contributed by atoms with Gasteiger partial charge < -0.3 is 10.2 Å². The van der Waals surface area contributed by atoms with Crippen LogP contribution in [-0.4, -0.2) is 40.4 Å². The molecule has 0 saturated carbocycles. The van der Waals surface area contributed by atoms with Crippen LogP contribution in [0.1, 0.15) is 37.3 Å². The molecule has 2 rings (SSSR count). The van der Waals surface area contributed by atoms with Crippen LogP contribution >= 0.6 is 0 Å². The SMILES string of the molecule is CC1(O)CCCN(Cc2cc(F)cc(C#CCO)c2)CC1. The summed E-state index contributed by atoms with van der Waals surface area (Å²) >= 11 is 0. The second-order valence-corrected chi connectivity index (χ2v) is 5.93. The Labute approximate surface area is 125 Å². The van der Waals surface area contributed by atoms with Gasteiger partial charge in [-0.2, -0.15) is 0 Å². The highest BCUT2D eigenvalue weighted by atomic mass is 19.1. The molecule has 1 heterocycles. The van der Waals surface area contributed by atoms with Crippen molar-refractivity contribution in [3.63, 3.8) is 0 Å². The van der Waals surface area contributed by atoms with Crippen molar-refractivity contribution in [3.05, 3.63) is 35.1 Å². The quantitative estimate of drug-likeness (QED) is 0.818. The van der Waals surface area contributed by atoms with Crippen molar-refractivity contribution in [3.8, 4) is 11.8 Å². The maximum absolute atomic E-state index is 13.6. The third-order valence-electron chi connectivity index (χ3n) is 3.83. The van der Waals surface area contributed by atoms with Crippen molar-refractivity contribution < 1.29 is 14.6 Å². The van der Waals surface area contributed by atoms with E-state index in [2.05, 4.69) is 16.7 Å². The molecule has 21 heavy (non-hydrogen) atoms. The molecule has 1 atom stereocenters. The summed E-state index contributed by atoms with van der Waals surface area (Å²) in [6.07, 6.45) is 2.48. The van der Waals surface area contributed by atoms with Crippen LogP contribution in [0.15, 0.2) is 18.2 Å². The number of halogens is 1. The highest BCUT2D eigenvalue weighted by molar-refractivity contribution is 5.37. The minimum absolute atomic E-state index is 0.229.